The van der Waals surface area contributed by atoms with Gasteiger partial charge in [-0.25, -0.2) is 0 Å². The third-order valence-corrected chi connectivity index (χ3v) is 2.50. The molecule has 0 saturated heterocycles. The fourth-order valence-electron chi connectivity index (χ4n) is 0.861. The summed E-state index contributed by atoms with van der Waals surface area (Å²) in [6.45, 7) is 2.44. The van der Waals surface area contributed by atoms with Crippen LogP contribution in [0.25, 0.3) is 0 Å². The monoisotopic (exact) mass is 215 g/mol. The smallest absolute Gasteiger partial charge is 0.252 e. The highest BCUT2D eigenvalue weighted by Gasteiger charge is 2.04. The van der Waals surface area contributed by atoms with Gasteiger partial charge in [0.05, 0.1) is 5.56 Å². The Hall–Kier alpha value is -0.800. The number of carbonyl (C=O) groups is 1. The summed E-state index contributed by atoms with van der Waals surface area (Å²) in [4.78, 5) is 12.5. The third kappa shape index (κ3) is 3.20. The molecule has 13 heavy (non-hydrogen) atoms. The fraction of sp³-hybridized carbons (Fsp3) is 0.222. The Morgan fingerprint density at radius 2 is 2.54 bits per heavy atom. The number of hydrogen-bond donors (Lipinski definition) is 1. The average Bonchev–Trinajstić information content (AvgIpc) is 2.52. The maximum atomic E-state index is 11.4. The largest absolute Gasteiger partial charge is 0.349 e. The number of hydrogen-bond acceptors (Lipinski definition) is 2. The lowest BCUT2D eigenvalue weighted by Gasteiger charge is -1.97. The van der Waals surface area contributed by atoms with Gasteiger partial charge >= 0.3 is 0 Å². The predicted molar refractivity (Wildman–Crippen MR) is 56.4 cm³/mol. The quantitative estimate of drug-likeness (QED) is 0.825. The fourth-order valence-corrected chi connectivity index (χ4v) is 1.63. The summed E-state index contributed by atoms with van der Waals surface area (Å²) in [5.41, 5.74) is 2.10. The molecule has 1 aromatic heterocycles. The maximum absolute atomic E-state index is 11.4. The molecule has 70 valence electrons. The normalized spacial score (nSPS) is 10.6. The molecule has 1 amide bonds. The van der Waals surface area contributed by atoms with Gasteiger partial charge in [0.15, 0.2) is 0 Å². The average molecular weight is 216 g/mol. The minimum atomic E-state index is -0.0564. The highest BCUT2D eigenvalue weighted by atomic mass is 35.5. The van der Waals surface area contributed by atoms with E-state index in [-0.39, 0.29) is 5.91 Å². The van der Waals surface area contributed by atoms with Crippen molar-refractivity contribution in [3.8, 4) is 0 Å². The molecule has 2 nitrogen and oxygen atoms in total. The Morgan fingerprint density at radius 3 is 3.08 bits per heavy atom. The van der Waals surface area contributed by atoms with Crippen LogP contribution in [0.1, 0.15) is 15.2 Å². The van der Waals surface area contributed by atoms with Crippen LogP contribution in [0.3, 0.4) is 0 Å². The van der Waals surface area contributed by atoms with Crippen LogP contribution in [-0.4, -0.2) is 12.5 Å². The number of thiophene rings is 1. The Kier molecular flexibility index (Phi) is 3.99. The van der Waals surface area contributed by atoms with Crippen molar-refractivity contribution in [2.75, 3.05) is 6.54 Å². The molecule has 0 unspecified atom stereocenters. The third-order valence-electron chi connectivity index (χ3n) is 1.46. The van der Waals surface area contributed by atoms with Crippen LogP contribution in [0, 0.1) is 6.92 Å². The van der Waals surface area contributed by atoms with E-state index < -0.39 is 0 Å². The Bertz CT molecular complexity index is 319. The molecule has 0 fully saturated rings. The van der Waals surface area contributed by atoms with E-state index in [0.717, 1.165) is 4.88 Å². The molecule has 0 saturated carbocycles. The number of aryl methyl sites for hydroxylation is 1. The lowest BCUT2D eigenvalue weighted by atomic mass is 10.3. The summed E-state index contributed by atoms with van der Waals surface area (Å²) >= 11 is 6.87. The highest BCUT2D eigenvalue weighted by Crippen LogP contribution is 2.12. The van der Waals surface area contributed by atoms with Crippen molar-refractivity contribution in [2.45, 2.75) is 6.92 Å². The molecule has 1 heterocycles. The standard InChI is InChI=1S/C9H10ClNOS/c1-7-5-8(6-13-7)9(12)11-4-2-3-10/h2-3,5-6H,4H2,1H3,(H,11,12)/b3-2+. The van der Waals surface area contributed by atoms with Gasteiger partial charge in [0.2, 0.25) is 0 Å². The van der Waals surface area contributed by atoms with Crippen molar-refractivity contribution >= 4 is 28.8 Å². The van der Waals surface area contributed by atoms with Gasteiger partial charge in [-0.3, -0.25) is 4.79 Å². The van der Waals surface area contributed by atoms with Crippen molar-refractivity contribution in [3.05, 3.63) is 33.5 Å². The van der Waals surface area contributed by atoms with Crippen LogP contribution in [0.15, 0.2) is 23.1 Å². The van der Waals surface area contributed by atoms with Crippen LogP contribution >= 0.6 is 22.9 Å². The second-order valence-electron chi connectivity index (χ2n) is 2.52. The van der Waals surface area contributed by atoms with E-state index in [1.807, 2.05) is 18.4 Å². The summed E-state index contributed by atoms with van der Waals surface area (Å²) in [6.07, 6.45) is 1.68. The molecular formula is C9H10ClNOS. The molecular weight excluding hydrogens is 206 g/mol. The number of carbonyl (C=O) groups excluding carboxylic acids is 1. The summed E-state index contributed by atoms with van der Waals surface area (Å²) < 4.78 is 0. The molecule has 0 spiro atoms. The molecule has 1 aromatic rings. The summed E-state index contributed by atoms with van der Waals surface area (Å²) in [5.74, 6) is -0.0564. The SMILES string of the molecule is Cc1cc(C(=O)NC/C=C/Cl)cs1. The minimum Gasteiger partial charge on any atom is -0.349 e. The van der Waals surface area contributed by atoms with Crippen LogP contribution in [0.2, 0.25) is 0 Å². The number of amides is 1. The zero-order valence-corrected chi connectivity index (χ0v) is 8.78. The van der Waals surface area contributed by atoms with E-state index >= 15 is 0 Å². The number of rotatable bonds is 3. The molecule has 4 heteroatoms. The summed E-state index contributed by atoms with van der Waals surface area (Å²) in [5, 5.41) is 4.55. The van der Waals surface area contributed by atoms with Gasteiger partial charge in [-0.15, -0.1) is 11.3 Å². The number of halogens is 1. The second-order valence-corrected chi connectivity index (χ2v) is 3.89. The Balaban J connectivity index is 2.49. The second kappa shape index (κ2) is 5.04. The molecule has 0 bridgehead atoms. The lowest BCUT2D eigenvalue weighted by molar-refractivity contribution is 0.0958. The molecule has 0 atom stereocenters. The van der Waals surface area contributed by atoms with Gasteiger partial charge in [0.1, 0.15) is 0 Å². The summed E-state index contributed by atoms with van der Waals surface area (Å²) in [7, 11) is 0. The molecule has 0 aromatic carbocycles. The molecule has 0 radical (unpaired) electrons. The maximum Gasteiger partial charge on any atom is 0.252 e. The van der Waals surface area contributed by atoms with E-state index in [9.17, 15) is 4.79 Å². The van der Waals surface area contributed by atoms with E-state index in [1.54, 1.807) is 17.4 Å². The van der Waals surface area contributed by atoms with Gasteiger partial charge in [-0.05, 0) is 13.0 Å². The topological polar surface area (TPSA) is 29.1 Å². The van der Waals surface area contributed by atoms with Gasteiger partial charge < -0.3 is 5.32 Å². The van der Waals surface area contributed by atoms with Crippen LogP contribution < -0.4 is 5.32 Å². The molecule has 0 aliphatic rings. The first kappa shape index (κ1) is 10.3. The van der Waals surface area contributed by atoms with Crippen molar-refractivity contribution in [2.24, 2.45) is 0 Å². The molecule has 1 rings (SSSR count). The van der Waals surface area contributed by atoms with Crippen molar-refractivity contribution in [1.29, 1.82) is 0 Å². The lowest BCUT2D eigenvalue weighted by Crippen LogP contribution is -2.22. The summed E-state index contributed by atoms with van der Waals surface area (Å²) in [6, 6.07) is 1.87. The number of nitrogens with one attached hydrogen (secondary N) is 1. The predicted octanol–water partition coefficient (Wildman–Crippen LogP) is 2.54. The highest BCUT2D eigenvalue weighted by molar-refractivity contribution is 7.10. The van der Waals surface area contributed by atoms with Gasteiger partial charge in [-0.2, -0.15) is 0 Å². The Labute approximate surface area is 86.2 Å². The van der Waals surface area contributed by atoms with E-state index in [4.69, 9.17) is 11.6 Å². The van der Waals surface area contributed by atoms with E-state index in [1.165, 1.54) is 5.54 Å². The molecule has 0 aliphatic heterocycles. The molecule has 0 aliphatic carbocycles. The molecule has 1 N–H and O–H groups in total. The zero-order valence-electron chi connectivity index (χ0n) is 7.21. The van der Waals surface area contributed by atoms with Gasteiger partial charge in [0, 0.05) is 22.3 Å². The van der Waals surface area contributed by atoms with Crippen LogP contribution in [0.4, 0.5) is 0 Å². The van der Waals surface area contributed by atoms with Crippen molar-refractivity contribution in [3.63, 3.8) is 0 Å². The van der Waals surface area contributed by atoms with Crippen molar-refractivity contribution in [1.82, 2.24) is 5.32 Å². The van der Waals surface area contributed by atoms with Gasteiger partial charge in [-0.1, -0.05) is 17.7 Å². The Morgan fingerprint density at radius 1 is 1.77 bits per heavy atom. The van der Waals surface area contributed by atoms with Crippen molar-refractivity contribution < 1.29 is 4.79 Å². The zero-order chi connectivity index (χ0) is 9.68. The minimum absolute atomic E-state index is 0.0564. The van der Waals surface area contributed by atoms with Crippen LogP contribution in [-0.2, 0) is 0 Å². The van der Waals surface area contributed by atoms with Crippen LogP contribution in [0.5, 0.6) is 0 Å². The van der Waals surface area contributed by atoms with Gasteiger partial charge in [0.25, 0.3) is 5.91 Å². The first-order chi connectivity index (χ1) is 6.24. The van der Waals surface area contributed by atoms with E-state index in [2.05, 4.69) is 5.32 Å². The van der Waals surface area contributed by atoms with E-state index in [0.29, 0.717) is 12.1 Å². The first-order valence-corrected chi connectivity index (χ1v) is 5.14. The first-order valence-electron chi connectivity index (χ1n) is 3.82.